The molecule has 0 aromatic heterocycles. The molecule has 3 heterocycles. The second-order valence-corrected chi connectivity index (χ2v) is 10.9. The van der Waals surface area contributed by atoms with Gasteiger partial charge < -0.3 is 9.64 Å². The highest BCUT2D eigenvalue weighted by Crippen LogP contribution is 2.54. The van der Waals surface area contributed by atoms with Crippen LogP contribution < -0.4 is 9.64 Å². The van der Waals surface area contributed by atoms with Crippen LogP contribution in [0.15, 0.2) is 71.3 Å². The molecule has 0 unspecified atom stereocenters. The molecule has 0 aliphatic carbocycles. The Bertz CT molecular complexity index is 1500. The SMILES string of the molecule is COc1ccc(C(=O)[C@@H]2[C@@H]3C(=O)N(c4cc(Cl)cc(Cl)c4)C(=O)[C@H]3[C@@H]3c4ccccc4C=CN23)cc1Br. The maximum absolute atomic E-state index is 14.1. The van der Waals surface area contributed by atoms with Crippen LogP contribution in [-0.4, -0.2) is 35.6 Å². The van der Waals surface area contributed by atoms with Crippen LogP contribution in [0.2, 0.25) is 10.0 Å². The minimum atomic E-state index is -0.889. The normalized spacial score (nSPS) is 23.7. The summed E-state index contributed by atoms with van der Waals surface area (Å²) in [5.74, 6) is -2.13. The third-order valence-electron chi connectivity index (χ3n) is 7.27. The number of halogens is 3. The zero-order valence-electron chi connectivity index (χ0n) is 19.4. The molecule has 6 nitrogen and oxygen atoms in total. The summed E-state index contributed by atoms with van der Waals surface area (Å²) in [5, 5.41) is 0.617. The summed E-state index contributed by atoms with van der Waals surface area (Å²) in [7, 11) is 1.54. The fraction of sp³-hybridized carbons (Fsp3) is 0.179. The summed E-state index contributed by atoms with van der Waals surface area (Å²) >= 11 is 15.8. The molecule has 0 saturated carbocycles. The molecule has 2 saturated heterocycles. The number of carbonyl (C=O) groups is 3. The molecule has 3 aliphatic rings. The number of hydrogen-bond donors (Lipinski definition) is 0. The van der Waals surface area contributed by atoms with Crippen molar-refractivity contribution < 1.29 is 19.1 Å². The minimum absolute atomic E-state index is 0.253. The molecule has 186 valence electrons. The molecule has 0 bridgehead atoms. The van der Waals surface area contributed by atoms with Crippen molar-refractivity contribution >= 4 is 68.5 Å². The van der Waals surface area contributed by atoms with E-state index in [2.05, 4.69) is 15.9 Å². The smallest absolute Gasteiger partial charge is 0.240 e. The number of carbonyl (C=O) groups excluding carboxylic acids is 3. The summed E-state index contributed by atoms with van der Waals surface area (Å²) in [5.41, 5.74) is 2.56. The average Bonchev–Trinajstić information content (AvgIpc) is 3.35. The van der Waals surface area contributed by atoms with Gasteiger partial charge in [-0.3, -0.25) is 14.4 Å². The Hall–Kier alpha value is -3.13. The first-order valence-corrected chi connectivity index (χ1v) is 13.1. The van der Waals surface area contributed by atoms with Gasteiger partial charge in [0.15, 0.2) is 5.78 Å². The van der Waals surface area contributed by atoms with E-state index in [-0.39, 0.29) is 11.7 Å². The Kier molecular flexibility index (Phi) is 5.90. The molecule has 6 rings (SSSR count). The predicted molar refractivity (Wildman–Crippen MR) is 145 cm³/mol. The Balaban J connectivity index is 1.49. The zero-order valence-corrected chi connectivity index (χ0v) is 22.5. The molecule has 4 atom stereocenters. The molecule has 0 spiro atoms. The fourth-order valence-corrected chi connectivity index (χ4v) is 6.83. The first-order chi connectivity index (χ1) is 17.8. The molecule has 9 heteroatoms. The second kappa shape index (κ2) is 9.01. The highest BCUT2D eigenvalue weighted by Gasteiger charge is 2.64. The number of imide groups is 1. The number of ketones is 1. The molecular formula is C28H19BrCl2N2O4. The van der Waals surface area contributed by atoms with Crippen molar-refractivity contribution in [3.05, 3.63) is 98.1 Å². The van der Waals surface area contributed by atoms with Gasteiger partial charge in [0.25, 0.3) is 0 Å². The minimum Gasteiger partial charge on any atom is -0.496 e. The lowest BCUT2D eigenvalue weighted by Crippen LogP contribution is -2.44. The Morgan fingerprint density at radius 3 is 2.35 bits per heavy atom. The highest BCUT2D eigenvalue weighted by molar-refractivity contribution is 9.10. The Morgan fingerprint density at radius 2 is 1.65 bits per heavy atom. The molecule has 3 aliphatic heterocycles. The van der Waals surface area contributed by atoms with Gasteiger partial charge in [-0.15, -0.1) is 0 Å². The Morgan fingerprint density at radius 1 is 0.946 bits per heavy atom. The lowest BCUT2D eigenvalue weighted by Gasteiger charge is -2.35. The van der Waals surface area contributed by atoms with Crippen LogP contribution in [0.3, 0.4) is 0 Å². The molecule has 2 fully saturated rings. The molecule has 0 N–H and O–H groups in total. The molecule has 37 heavy (non-hydrogen) atoms. The van der Waals surface area contributed by atoms with Crippen molar-refractivity contribution in [3.63, 3.8) is 0 Å². The van der Waals surface area contributed by atoms with E-state index in [1.54, 1.807) is 25.3 Å². The van der Waals surface area contributed by atoms with Crippen LogP contribution in [0.25, 0.3) is 6.08 Å². The molecular weight excluding hydrogens is 579 g/mol. The number of fused-ring (bicyclic) bond motifs is 5. The van der Waals surface area contributed by atoms with E-state index in [1.807, 2.05) is 41.4 Å². The first kappa shape index (κ1) is 24.2. The van der Waals surface area contributed by atoms with Gasteiger partial charge in [0.2, 0.25) is 11.8 Å². The number of methoxy groups -OCH3 is 1. The number of nitrogens with zero attached hydrogens (tertiary/aromatic N) is 2. The van der Waals surface area contributed by atoms with Crippen molar-refractivity contribution in [3.8, 4) is 5.75 Å². The van der Waals surface area contributed by atoms with Crippen LogP contribution in [0, 0.1) is 11.8 Å². The van der Waals surface area contributed by atoms with Gasteiger partial charge in [0.1, 0.15) is 11.8 Å². The average molecular weight is 598 g/mol. The largest absolute Gasteiger partial charge is 0.496 e. The summed E-state index contributed by atoms with van der Waals surface area (Å²) < 4.78 is 5.93. The van der Waals surface area contributed by atoms with Crippen molar-refractivity contribution in [1.29, 1.82) is 0 Å². The number of benzene rings is 3. The van der Waals surface area contributed by atoms with Gasteiger partial charge in [-0.05, 0) is 69.5 Å². The van der Waals surface area contributed by atoms with Gasteiger partial charge in [0.05, 0.1) is 35.1 Å². The summed E-state index contributed by atoms with van der Waals surface area (Å²) in [6.07, 6.45) is 3.74. The van der Waals surface area contributed by atoms with E-state index in [1.165, 1.54) is 18.2 Å². The van der Waals surface area contributed by atoms with E-state index >= 15 is 0 Å². The monoisotopic (exact) mass is 596 g/mol. The standard InChI is InChI=1S/C28H19BrCl2N2O4/c1-37-21-7-6-15(10-20(21)29)26(34)25-23-22(24-19-5-3-2-4-14(19)8-9-32(24)25)27(35)33(28(23)36)18-12-16(30)11-17(31)13-18/h2-13,22-25H,1H3/t22-,23-,24+,25+/m1/s1. The lowest BCUT2D eigenvalue weighted by atomic mass is 9.83. The van der Waals surface area contributed by atoms with Crippen LogP contribution in [0.4, 0.5) is 5.69 Å². The highest BCUT2D eigenvalue weighted by atomic mass is 79.9. The van der Waals surface area contributed by atoms with Gasteiger partial charge in [-0.1, -0.05) is 47.5 Å². The van der Waals surface area contributed by atoms with Crippen molar-refractivity contribution in [2.75, 3.05) is 12.0 Å². The molecule has 3 aromatic carbocycles. The lowest BCUT2D eigenvalue weighted by molar-refractivity contribution is -0.123. The van der Waals surface area contributed by atoms with Crippen LogP contribution >= 0.6 is 39.1 Å². The van der Waals surface area contributed by atoms with Gasteiger partial charge in [-0.25, -0.2) is 4.90 Å². The van der Waals surface area contributed by atoms with Gasteiger partial charge in [-0.2, -0.15) is 0 Å². The van der Waals surface area contributed by atoms with E-state index in [4.69, 9.17) is 27.9 Å². The van der Waals surface area contributed by atoms with Crippen LogP contribution in [-0.2, 0) is 9.59 Å². The van der Waals surface area contributed by atoms with Crippen molar-refractivity contribution in [2.45, 2.75) is 12.1 Å². The number of hydrogen-bond acceptors (Lipinski definition) is 5. The first-order valence-electron chi connectivity index (χ1n) is 11.6. The van der Waals surface area contributed by atoms with Crippen LogP contribution in [0.1, 0.15) is 27.5 Å². The number of amides is 2. The summed E-state index contributed by atoms with van der Waals surface area (Å²) in [4.78, 5) is 45.0. The molecule has 0 radical (unpaired) electrons. The second-order valence-electron chi connectivity index (χ2n) is 9.19. The number of ether oxygens (including phenoxy) is 1. The maximum atomic E-state index is 14.1. The summed E-state index contributed by atoms with van der Waals surface area (Å²) in [6.45, 7) is 0. The number of Topliss-reactive ketones (excluding diaryl/α,β-unsaturated/α-hetero) is 1. The molecule has 2 amide bonds. The quantitative estimate of drug-likeness (QED) is 0.266. The summed E-state index contributed by atoms with van der Waals surface area (Å²) in [6, 6.07) is 16.0. The number of rotatable bonds is 4. The number of anilines is 1. The zero-order chi connectivity index (χ0) is 26.0. The van der Waals surface area contributed by atoms with E-state index in [0.29, 0.717) is 31.5 Å². The van der Waals surface area contributed by atoms with Crippen molar-refractivity contribution in [2.24, 2.45) is 11.8 Å². The topological polar surface area (TPSA) is 66.9 Å². The third kappa shape index (κ3) is 3.71. The van der Waals surface area contributed by atoms with Crippen molar-refractivity contribution in [1.82, 2.24) is 4.90 Å². The van der Waals surface area contributed by atoms with Crippen LogP contribution in [0.5, 0.6) is 5.75 Å². The third-order valence-corrected chi connectivity index (χ3v) is 8.33. The van der Waals surface area contributed by atoms with Gasteiger partial charge in [0, 0.05) is 21.8 Å². The van der Waals surface area contributed by atoms with Gasteiger partial charge >= 0.3 is 0 Å². The maximum Gasteiger partial charge on any atom is 0.240 e. The van der Waals surface area contributed by atoms with E-state index in [0.717, 1.165) is 16.0 Å². The Labute approximate surface area is 231 Å². The fourth-order valence-electron chi connectivity index (χ4n) is 5.77. The van der Waals surface area contributed by atoms with E-state index < -0.39 is 29.8 Å². The molecule has 3 aromatic rings. The van der Waals surface area contributed by atoms with E-state index in [9.17, 15) is 14.4 Å². The predicted octanol–water partition coefficient (Wildman–Crippen LogP) is 6.16.